The minimum atomic E-state index is -3.49. The molecule has 1 aromatic carbocycles. The number of thioether (sulfide) groups is 1. The first-order valence-electron chi connectivity index (χ1n) is 9.64. The van der Waals surface area contributed by atoms with Crippen molar-refractivity contribution in [2.75, 3.05) is 31.1 Å². The van der Waals surface area contributed by atoms with Crippen LogP contribution in [0.3, 0.4) is 0 Å². The van der Waals surface area contributed by atoms with Gasteiger partial charge >= 0.3 is 0 Å². The van der Waals surface area contributed by atoms with E-state index in [1.807, 2.05) is 4.90 Å². The van der Waals surface area contributed by atoms with E-state index in [1.54, 1.807) is 34.6 Å². The van der Waals surface area contributed by atoms with Gasteiger partial charge in [-0.15, -0.1) is 0 Å². The summed E-state index contributed by atoms with van der Waals surface area (Å²) in [6, 6.07) is 8.48. The van der Waals surface area contributed by atoms with Crippen LogP contribution < -0.4 is 10.2 Å². The van der Waals surface area contributed by atoms with Crippen molar-refractivity contribution in [3.63, 3.8) is 0 Å². The highest BCUT2D eigenvalue weighted by Gasteiger charge is 2.44. The number of amides is 2. The van der Waals surface area contributed by atoms with Gasteiger partial charge in [-0.25, -0.2) is 18.4 Å². The van der Waals surface area contributed by atoms with Crippen molar-refractivity contribution in [3.05, 3.63) is 47.4 Å². The lowest BCUT2D eigenvalue weighted by atomic mass is 10.0. The molecule has 5 rings (SSSR count). The van der Waals surface area contributed by atoms with Crippen molar-refractivity contribution in [1.82, 2.24) is 24.6 Å². The minimum Gasteiger partial charge on any atom is -0.340 e. The highest BCUT2D eigenvalue weighted by atomic mass is 32.2. The molecular weight excluding hydrogens is 440 g/mol. The van der Waals surface area contributed by atoms with Crippen LogP contribution in [-0.2, 0) is 14.8 Å². The third-order valence-corrected chi connectivity index (χ3v) is 8.25. The van der Waals surface area contributed by atoms with Crippen LogP contribution in [0.2, 0.25) is 0 Å². The standard InChI is InChI=1S/C19H18N6O4S2/c26-17-15(30-19(27)23-17)6-16-20-11-21-18(22-16)24-7-12-9-25(10-13(12)8-24)31(28,29)14-4-2-1-3-5-14/h1-6,11-13H,7-10H2,(H,23,26,27). The molecule has 1 N–H and O–H groups in total. The number of nitrogens with one attached hydrogen (secondary N) is 1. The molecule has 2 aromatic rings. The first-order valence-corrected chi connectivity index (χ1v) is 11.9. The lowest BCUT2D eigenvalue weighted by molar-refractivity contribution is -0.115. The maximum Gasteiger partial charge on any atom is 0.290 e. The molecule has 2 atom stereocenters. The number of aromatic nitrogens is 3. The number of fused-ring (bicyclic) bond motifs is 1. The minimum absolute atomic E-state index is 0.186. The Balaban J connectivity index is 1.29. The lowest BCUT2D eigenvalue weighted by Crippen LogP contribution is -2.33. The zero-order valence-corrected chi connectivity index (χ0v) is 17.8. The summed E-state index contributed by atoms with van der Waals surface area (Å²) in [4.78, 5) is 38.3. The zero-order chi connectivity index (χ0) is 21.6. The second kappa shape index (κ2) is 7.70. The summed E-state index contributed by atoms with van der Waals surface area (Å²) in [7, 11) is -3.49. The summed E-state index contributed by atoms with van der Waals surface area (Å²) in [6.45, 7) is 2.19. The van der Waals surface area contributed by atoms with E-state index in [0.29, 0.717) is 42.8 Å². The third-order valence-electron chi connectivity index (χ3n) is 5.60. The number of rotatable bonds is 4. The molecule has 0 aliphatic carbocycles. The van der Waals surface area contributed by atoms with Gasteiger partial charge in [-0.1, -0.05) is 18.2 Å². The van der Waals surface area contributed by atoms with E-state index < -0.39 is 21.2 Å². The smallest absolute Gasteiger partial charge is 0.290 e. The van der Waals surface area contributed by atoms with E-state index in [4.69, 9.17) is 0 Å². The Bertz CT molecular complexity index is 1170. The number of hydrogen-bond acceptors (Lipinski definition) is 9. The number of benzene rings is 1. The molecule has 4 heterocycles. The Kier molecular flexibility index (Phi) is 4.99. The third kappa shape index (κ3) is 3.82. The molecular formula is C19H18N6O4S2. The van der Waals surface area contributed by atoms with Gasteiger partial charge in [-0.05, 0) is 35.7 Å². The van der Waals surface area contributed by atoms with Crippen molar-refractivity contribution in [3.8, 4) is 0 Å². The number of hydrogen-bond donors (Lipinski definition) is 1. The molecule has 12 heteroatoms. The first-order chi connectivity index (χ1) is 14.9. The monoisotopic (exact) mass is 458 g/mol. The molecule has 2 unspecified atom stereocenters. The van der Waals surface area contributed by atoms with Crippen molar-refractivity contribution in [2.45, 2.75) is 4.90 Å². The molecule has 1 aromatic heterocycles. The predicted octanol–water partition coefficient (Wildman–Crippen LogP) is 0.952. The molecule has 3 saturated heterocycles. The Labute approximate surface area is 182 Å². The normalized spacial score (nSPS) is 25.3. The maximum absolute atomic E-state index is 12.9. The topological polar surface area (TPSA) is 125 Å². The van der Waals surface area contributed by atoms with Crippen LogP contribution in [0.4, 0.5) is 10.7 Å². The SMILES string of the molecule is O=C1NC(=O)C(=Cc2ncnc(N3CC4CN(S(=O)(=O)c5ccccc5)CC4C3)n2)S1. The van der Waals surface area contributed by atoms with Crippen LogP contribution in [0.15, 0.2) is 46.5 Å². The number of sulfonamides is 1. The van der Waals surface area contributed by atoms with Crippen LogP contribution in [0.5, 0.6) is 0 Å². The summed E-state index contributed by atoms with van der Waals surface area (Å²) in [6.07, 6.45) is 2.83. The number of imide groups is 1. The summed E-state index contributed by atoms with van der Waals surface area (Å²) in [5, 5.41) is 1.77. The first kappa shape index (κ1) is 20.1. The fourth-order valence-corrected chi connectivity index (χ4v) is 6.34. The van der Waals surface area contributed by atoms with Crippen molar-refractivity contribution in [2.24, 2.45) is 11.8 Å². The molecule has 160 valence electrons. The number of carbonyl (C=O) groups excluding carboxylic acids is 2. The summed E-state index contributed by atoms with van der Waals surface area (Å²) >= 11 is 0.806. The molecule has 0 saturated carbocycles. The van der Waals surface area contributed by atoms with Crippen molar-refractivity contribution < 1.29 is 18.0 Å². The molecule has 31 heavy (non-hydrogen) atoms. The van der Waals surface area contributed by atoms with E-state index in [9.17, 15) is 18.0 Å². The van der Waals surface area contributed by atoms with Gasteiger partial charge in [0, 0.05) is 32.3 Å². The molecule has 10 nitrogen and oxygen atoms in total. The molecule has 0 bridgehead atoms. The predicted molar refractivity (Wildman–Crippen MR) is 113 cm³/mol. The Morgan fingerprint density at radius 2 is 1.74 bits per heavy atom. The van der Waals surface area contributed by atoms with Gasteiger partial charge < -0.3 is 4.90 Å². The fourth-order valence-electron chi connectivity index (χ4n) is 4.11. The highest BCUT2D eigenvalue weighted by Crippen LogP contribution is 2.35. The Hall–Kier alpha value is -2.83. The van der Waals surface area contributed by atoms with Gasteiger partial charge in [-0.2, -0.15) is 9.29 Å². The second-order valence-corrected chi connectivity index (χ2v) is 10.5. The largest absolute Gasteiger partial charge is 0.340 e. The summed E-state index contributed by atoms with van der Waals surface area (Å²) in [5.41, 5.74) is 0. The average Bonchev–Trinajstić information content (AvgIpc) is 3.42. The molecule has 2 amide bonds. The Morgan fingerprint density at radius 3 is 2.39 bits per heavy atom. The van der Waals surface area contributed by atoms with Crippen LogP contribution in [0, 0.1) is 11.8 Å². The van der Waals surface area contributed by atoms with Crippen LogP contribution >= 0.6 is 11.8 Å². The van der Waals surface area contributed by atoms with E-state index in [0.717, 1.165) is 11.8 Å². The van der Waals surface area contributed by atoms with E-state index in [1.165, 1.54) is 12.4 Å². The number of anilines is 1. The van der Waals surface area contributed by atoms with Gasteiger partial charge in [0.05, 0.1) is 9.80 Å². The molecule has 0 radical (unpaired) electrons. The van der Waals surface area contributed by atoms with Gasteiger partial charge in [0.1, 0.15) is 6.33 Å². The molecule has 0 spiro atoms. The highest BCUT2D eigenvalue weighted by molar-refractivity contribution is 8.18. The van der Waals surface area contributed by atoms with Crippen LogP contribution in [0.1, 0.15) is 5.82 Å². The fraction of sp³-hybridized carbons (Fsp3) is 0.316. The van der Waals surface area contributed by atoms with Gasteiger partial charge in [0.15, 0.2) is 5.82 Å². The molecule has 3 aliphatic rings. The van der Waals surface area contributed by atoms with Gasteiger partial charge in [-0.3, -0.25) is 14.9 Å². The van der Waals surface area contributed by atoms with Crippen LogP contribution in [0.25, 0.3) is 6.08 Å². The summed E-state index contributed by atoms with van der Waals surface area (Å²) in [5.74, 6) is 0.676. The van der Waals surface area contributed by atoms with Gasteiger partial charge in [0.2, 0.25) is 16.0 Å². The second-order valence-electron chi connectivity index (χ2n) is 7.56. The van der Waals surface area contributed by atoms with E-state index in [-0.39, 0.29) is 16.7 Å². The molecule has 3 aliphatic heterocycles. The molecule has 3 fully saturated rings. The van der Waals surface area contributed by atoms with Crippen molar-refractivity contribution >= 4 is 45.0 Å². The van der Waals surface area contributed by atoms with E-state index >= 15 is 0 Å². The van der Waals surface area contributed by atoms with Crippen LogP contribution in [-0.4, -0.2) is 65.0 Å². The van der Waals surface area contributed by atoms with Gasteiger partial charge in [0.25, 0.3) is 11.1 Å². The lowest BCUT2D eigenvalue weighted by Gasteiger charge is -2.21. The van der Waals surface area contributed by atoms with Crippen molar-refractivity contribution in [1.29, 1.82) is 0 Å². The summed E-state index contributed by atoms with van der Waals surface area (Å²) < 4.78 is 27.3. The number of carbonyl (C=O) groups is 2. The number of nitrogens with zero attached hydrogens (tertiary/aromatic N) is 5. The maximum atomic E-state index is 12.9. The Morgan fingerprint density at radius 1 is 1.03 bits per heavy atom. The quantitative estimate of drug-likeness (QED) is 0.667. The zero-order valence-electron chi connectivity index (χ0n) is 16.2. The average molecular weight is 459 g/mol. The van der Waals surface area contributed by atoms with E-state index in [2.05, 4.69) is 20.3 Å².